The zero-order valence-electron chi connectivity index (χ0n) is 9.39. The van der Waals surface area contributed by atoms with Crippen LogP contribution >= 0.6 is 15.9 Å². The normalized spacial score (nSPS) is 16.6. The molecule has 0 N–H and O–H groups in total. The molecule has 5 heteroatoms. The van der Waals surface area contributed by atoms with Gasteiger partial charge in [-0.3, -0.25) is 4.90 Å². The van der Waals surface area contributed by atoms with Crippen LogP contribution in [0.1, 0.15) is 24.0 Å². The van der Waals surface area contributed by atoms with Gasteiger partial charge in [0.05, 0.1) is 5.56 Å². The van der Waals surface area contributed by atoms with E-state index >= 15 is 0 Å². The predicted octanol–water partition coefficient (Wildman–Crippen LogP) is 4.06. The molecule has 0 bridgehead atoms. The maximum Gasteiger partial charge on any atom is 0.416 e. The highest BCUT2D eigenvalue weighted by atomic mass is 79.9. The molecule has 0 radical (unpaired) electrons. The first kappa shape index (κ1) is 12.9. The predicted molar refractivity (Wildman–Crippen MR) is 63.6 cm³/mol. The maximum atomic E-state index is 12.9. The zero-order chi connectivity index (χ0) is 12.6. The lowest BCUT2D eigenvalue weighted by molar-refractivity contribution is -0.138. The molecule has 0 amide bonds. The van der Waals surface area contributed by atoms with Gasteiger partial charge >= 0.3 is 6.18 Å². The number of nitrogens with zero attached hydrogens (tertiary/aromatic N) is 1. The van der Waals surface area contributed by atoms with Crippen LogP contribution < -0.4 is 0 Å². The van der Waals surface area contributed by atoms with Gasteiger partial charge in [-0.15, -0.1) is 0 Å². The summed E-state index contributed by atoms with van der Waals surface area (Å²) in [6.45, 7) is 0.354. The van der Waals surface area contributed by atoms with Gasteiger partial charge < -0.3 is 0 Å². The van der Waals surface area contributed by atoms with Crippen LogP contribution in [0.5, 0.6) is 0 Å². The Labute approximate surface area is 107 Å². The minimum Gasteiger partial charge on any atom is -0.299 e. The molecule has 2 rings (SSSR count). The van der Waals surface area contributed by atoms with Crippen LogP contribution in [0.25, 0.3) is 0 Å². The molecule has 1 aromatic rings. The van der Waals surface area contributed by atoms with Crippen LogP contribution in [0, 0.1) is 0 Å². The lowest BCUT2D eigenvalue weighted by Crippen LogP contribution is -2.22. The third-order valence-corrected chi connectivity index (χ3v) is 3.46. The Hall–Kier alpha value is -0.550. The van der Waals surface area contributed by atoms with Crippen molar-refractivity contribution in [1.82, 2.24) is 4.90 Å². The van der Waals surface area contributed by atoms with Crippen molar-refractivity contribution < 1.29 is 13.2 Å². The van der Waals surface area contributed by atoms with Crippen molar-refractivity contribution in [3.05, 3.63) is 33.8 Å². The lowest BCUT2D eigenvalue weighted by atomic mass is 10.1. The van der Waals surface area contributed by atoms with Gasteiger partial charge in [-0.25, -0.2) is 0 Å². The van der Waals surface area contributed by atoms with E-state index in [0.29, 0.717) is 22.6 Å². The zero-order valence-corrected chi connectivity index (χ0v) is 11.0. The summed E-state index contributed by atoms with van der Waals surface area (Å²) in [7, 11) is 1.87. The molecule has 1 fully saturated rings. The van der Waals surface area contributed by atoms with E-state index in [-0.39, 0.29) is 0 Å². The van der Waals surface area contributed by atoms with Crippen molar-refractivity contribution in [2.24, 2.45) is 0 Å². The highest BCUT2D eigenvalue weighted by Gasteiger charge is 2.34. The number of hydrogen-bond acceptors (Lipinski definition) is 1. The Morgan fingerprint density at radius 1 is 1.35 bits per heavy atom. The summed E-state index contributed by atoms with van der Waals surface area (Å²) in [4.78, 5) is 1.98. The molecule has 0 aromatic heterocycles. The average Bonchev–Trinajstić information content (AvgIpc) is 3.02. The van der Waals surface area contributed by atoms with Crippen LogP contribution in [-0.4, -0.2) is 18.0 Å². The molecule has 0 spiro atoms. The van der Waals surface area contributed by atoms with E-state index in [2.05, 4.69) is 15.9 Å². The van der Waals surface area contributed by atoms with Gasteiger partial charge in [-0.2, -0.15) is 13.2 Å². The first-order chi connectivity index (χ1) is 7.88. The van der Waals surface area contributed by atoms with Gasteiger partial charge in [-0.1, -0.05) is 22.0 Å². The molecule has 94 valence electrons. The van der Waals surface area contributed by atoms with E-state index in [0.717, 1.165) is 18.9 Å². The fourth-order valence-corrected chi connectivity index (χ4v) is 2.22. The van der Waals surface area contributed by atoms with Gasteiger partial charge in [0.2, 0.25) is 0 Å². The highest BCUT2D eigenvalue weighted by Crippen LogP contribution is 2.35. The van der Waals surface area contributed by atoms with Gasteiger partial charge in [0.15, 0.2) is 0 Å². The van der Waals surface area contributed by atoms with E-state index in [1.807, 2.05) is 11.9 Å². The van der Waals surface area contributed by atoms with Crippen molar-refractivity contribution >= 4 is 15.9 Å². The quantitative estimate of drug-likeness (QED) is 0.814. The molecule has 0 unspecified atom stereocenters. The third-order valence-electron chi connectivity index (χ3n) is 2.97. The summed E-state index contributed by atoms with van der Waals surface area (Å²) in [5, 5.41) is 0. The standard InChI is InChI=1S/C12H13BrF3N/c1-17(10-4-5-10)7-8-2-3-9(13)6-11(8)12(14,15)16/h2-3,6,10H,4-5,7H2,1H3. The molecule has 17 heavy (non-hydrogen) atoms. The first-order valence-corrected chi connectivity index (χ1v) is 6.23. The summed E-state index contributed by atoms with van der Waals surface area (Å²) < 4.78 is 39.0. The van der Waals surface area contributed by atoms with Crippen molar-refractivity contribution in [2.45, 2.75) is 31.6 Å². The minimum atomic E-state index is -4.29. The van der Waals surface area contributed by atoms with E-state index in [4.69, 9.17) is 0 Å². The number of rotatable bonds is 3. The van der Waals surface area contributed by atoms with Crippen molar-refractivity contribution in [2.75, 3.05) is 7.05 Å². The Balaban J connectivity index is 2.25. The highest BCUT2D eigenvalue weighted by molar-refractivity contribution is 9.10. The van der Waals surface area contributed by atoms with E-state index in [9.17, 15) is 13.2 Å². The molecule has 0 saturated heterocycles. The summed E-state index contributed by atoms with van der Waals surface area (Å²) in [5.74, 6) is 0. The number of halogens is 4. The van der Waals surface area contributed by atoms with Crippen LogP contribution in [-0.2, 0) is 12.7 Å². The van der Waals surface area contributed by atoms with Gasteiger partial charge in [0.1, 0.15) is 0 Å². The smallest absolute Gasteiger partial charge is 0.299 e. The van der Waals surface area contributed by atoms with E-state index < -0.39 is 11.7 Å². The third kappa shape index (κ3) is 3.22. The molecule has 0 aliphatic heterocycles. The molecule has 0 heterocycles. The summed E-state index contributed by atoms with van der Waals surface area (Å²) in [6, 6.07) is 4.81. The number of benzene rings is 1. The van der Waals surface area contributed by atoms with Crippen molar-refractivity contribution in [1.29, 1.82) is 0 Å². The molecule has 1 nitrogen and oxygen atoms in total. The Morgan fingerprint density at radius 3 is 2.53 bits per heavy atom. The van der Waals surface area contributed by atoms with Crippen molar-refractivity contribution in [3.63, 3.8) is 0 Å². The van der Waals surface area contributed by atoms with Gasteiger partial charge in [0, 0.05) is 17.1 Å². The Kier molecular flexibility index (Phi) is 3.50. The lowest BCUT2D eigenvalue weighted by Gasteiger charge is -2.19. The maximum absolute atomic E-state index is 12.9. The number of hydrogen-bond donors (Lipinski definition) is 0. The molecule has 1 aromatic carbocycles. The first-order valence-electron chi connectivity index (χ1n) is 5.44. The Morgan fingerprint density at radius 2 is 2.00 bits per heavy atom. The van der Waals surface area contributed by atoms with Crippen LogP contribution in [0.2, 0.25) is 0 Å². The van der Waals surface area contributed by atoms with E-state index in [1.54, 1.807) is 12.1 Å². The summed E-state index contributed by atoms with van der Waals surface area (Å²) in [5.41, 5.74) is -0.200. The second-order valence-electron chi connectivity index (χ2n) is 4.45. The largest absolute Gasteiger partial charge is 0.416 e. The molecule has 1 aliphatic rings. The average molecular weight is 308 g/mol. The van der Waals surface area contributed by atoms with Gasteiger partial charge in [0.25, 0.3) is 0 Å². The fraction of sp³-hybridized carbons (Fsp3) is 0.500. The number of alkyl halides is 3. The SMILES string of the molecule is CN(Cc1ccc(Br)cc1C(F)(F)F)C1CC1. The second kappa shape index (κ2) is 4.61. The minimum absolute atomic E-state index is 0.343. The topological polar surface area (TPSA) is 3.24 Å². The van der Waals surface area contributed by atoms with Crippen LogP contribution in [0.15, 0.2) is 22.7 Å². The molecular weight excluding hydrogens is 295 g/mol. The monoisotopic (exact) mass is 307 g/mol. The van der Waals surface area contributed by atoms with Crippen LogP contribution in [0.3, 0.4) is 0 Å². The fourth-order valence-electron chi connectivity index (χ4n) is 1.86. The Bertz CT molecular complexity index is 413. The molecule has 1 saturated carbocycles. The van der Waals surface area contributed by atoms with Crippen LogP contribution in [0.4, 0.5) is 13.2 Å². The molecule has 0 atom stereocenters. The molecule has 1 aliphatic carbocycles. The summed E-state index contributed by atoms with van der Waals surface area (Å²) in [6.07, 6.45) is -2.10. The summed E-state index contributed by atoms with van der Waals surface area (Å²) >= 11 is 3.08. The van der Waals surface area contributed by atoms with E-state index in [1.165, 1.54) is 0 Å². The van der Waals surface area contributed by atoms with Crippen molar-refractivity contribution in [3.8, 4) is 0 Å². The molecular formula is C12H13BrF3N. The van der Waals surface area contributed by atoms with Gasteiger partial charge in [-0.05, 0) is 37.6 Å². The second-order valence-corrected chi connectivity index (χ2v) is 5.36.